The molecule has 0 spiro atoms. The normalized spacial score (nSPS) is 12.9. The third-order valence-electron chi connectivity index (χ3n) is 3.56. The van der Waals surface area contributed by atoms with E-state index in [2.05, 4.69) is 10.6 Å². The average Bonchev–Trinajstić information content (AvgIpc) is 2.66. The van der Waals surface area contributed by atoms with Gasteiger partial charge >= 0.3 is 5.97 Å². The van der Waals surface area contributed by atoms with Crippen molar-refractivity contribution in [2.45, 2.75) is 15.5 Å². The van der Waals surface area contributed by atoms with Crippen LogP contribution in [0.15, 0.2) is 52.3 Å². The fourth-order valence-corrected chi connectivity index (χ4v) is 3.76. The molecule has 2 aromatic carbocycles. The highest BCUT2D eigenvalue weighted by molar-refractivity contribution is 8.00. The van der Waals surface area contributed by atoms with Crippen molar-refractivity contribution in [2.24, 2.45) is 0 Å². The Kier molecular flexibility index (Phi) is 6.53. The van der Waals surface area contributed by atoms with E-state index >= 15 is 0 Å². The van der Waals surface area contributed by atoms with Crippen molar-refractivity contribution in [3.8, 4) is 0 Å². The van der Waals surface area contributed by atoms with Crippen molar-refractivity contribution < 1.29 is 27.9 Å². The summed E-state index contributed by atoms with van der Waals surface area (Å²) >= 11 is 1.67. The lowest BCUT2D eigenvalue weighted by atomic mass is 10.2. The Morgan fingerprint density at radius 1 is 1.25 bits per heavy atom. The number of benzene rings is 2. The first-order valence-corrected chi connectivity index (χ1v) is 9.86. The van der Waals surface area contributed by atoms with Crippen molar-refractivity contribution in [3.05, 3.63) is 48.0 Å². The Morgan fingerprint density at radius 2 is 2.04 bits per heavy atom. The van der Waals surface area contributed by atoms with E-state index in [4.69, 9.17) is 4.74 Å². The molecule has 0 atom stereocenters. The molecule has 2 N–H and O–H groups in total. The monoisotopic (exact) mass is 424 g/mol. The van der Waals surface area contributed by atoms with Gasteiger partial charge in [0.25, 0.3) is 11.7 Å². The third kappa shape index (κ3) is 5.23. The molecular weight excluding hydrogens is 410 g/mol. The molecule has 6 nitrogen and oxygen atoms in total. The van der Waals surface area contributed by atoms with Gasteiger partial charge in [0.2, 0.25) is 5.91 Å². The van der Waals surface area contributed by atoms with Gasteiger partial charge < -0.3 is 15.4 Å². The number of alkyl halides is 2. The van der Waals surface area contributed by atoms with Crippen LogP contribution in [0.4, 0.5) is 20.2 Å². The van der Waals surface area contributed by atoms with Crippen LogP contribution < -0.4 is 10.6 Å². The Labute approximate surface area is 167 Å². The summed E-state index contributed by atoms with van der Waals surface area (Å²) in [6.45, 7) is -0.579. The fourth-order valence-electron chi connectivity index (χ4n) is 2.38. The maximum absolute atomic E-state index is 12.6. The molecule has 0 saturated carbocycles. The standard InChI is InChI=1S/C18H14F2N2O4S2/c19-18(20)28-14-4-2-1-3-11(14)21-15(23)8-26-17(25)10-5-6-13-12(7-10)22-16(24)9-27-13/h1-7,18H,8-9H2,(H,21,23)(H,22,24). The molecule has 1 aliphatic heterocycles. The Balaban J connectivity index is 1.59. The average molecular weight is 424 g/mol. The van der Waals surface area contributed by atoms with Crippen LogP contribution in [0, 0.1) is 0 Å². The van der Waals surface area contributed by atoms with Gasteiger partial charge in [0, 0.05) is 9.79 Å². The van der Waals surface area contributed by atoms with Crippen molar-refractivity contribution in [1.82, 2.24) is 0 Å². The topological polar surface area (TPSA) is 84.5 Å². The summed E-state index contributed by atoms with van der Waals surface area (Å²) in [6.07, 6.45) is 0. The van der Waals surface area contributed by atoms with E-state index in [-0.39, 0.29) is 22.1 Å². The number of thioether (sulfide) groups is 2. The molecular formula is C18H14F2N2O4S2. The molecule has 0 radical (unpaired) electrons. The first kappa shape index (κ1) is 20.2. The van der Waals surface area contributed by atoms with Gasteiger partial charge in [-0.2, -0.15) is 8.78 Å². The maximum Gasteiger partial charge on any atom is 0.338 e. The molecule has 2 aromatic rings. The molecule has 0 fully saturated rings. The van der Waals surface area contributed by atoms with Crippen LogP contribution in [0.5, 0.6) is 0 Å². The summed E-state index contributed by atoms with van der Waals surface area (Å²) in [5.41, 5.74) is 0.906. The van der Waals surface area contributed by atoms with Crippen LogP contribution >= 0.6 is 23.5 Å². The maximum atomic E-state index is 12.6. The zero-order valence-corrected chi connectivity index (χ0v) is 15.9. The molecule has 3 rings (SSSR count). The highest BCUT2D eigenvalue weighted by Gasteiger charge is 2.19. The summed E-state index contributed by atoms with van der Waals surface area (Å²) in [7, 11) is 0. The van der Waals surface area contributed by atoms with Crippen molar-refractivity contribution >= 4 is 52.7 Å². The first-order valence-electron chi connectivity index (χ1n) is 8.00. The molecule has 1 heterocycles. The van der Waals surface area contributed by atoms with Crippen LogP contribution in [-0.2, 0) is 14.3 Å². The van der Waals surface area contributed by atoms with Gasteiger partial charge in [0.1, 0.15) is 0 Å². The largest absolute Gasteiger partial charge is 0.452 e. The number of carbonyl (C=O) groups excluding carboxylic acids is 3. The number of esters is 1. The second-order valence-electron chi connectivity index (χ2n) is 5.55. The number of fused-ring (bicyclic) bond motifs is 1. The smallest absolute Gasteiger partial charge is 0.338 e. The summed E-state index contributed by atoms with van der Waals surface area (Å²) in [5.74, 6) is -3.88. The van der Waals surface area contributed by atoms with Crippen molar-refractivity contribution in [2.75, 3.05) is 23.0 Å². The van der Waals surface area contributed by atoms with Gasteiger partial charge in [0.05, 0.1) is 22.7 Å². The number of nitrogens with one attached hydrogen (secondary N) is 2. The summed E-state index contributed by atoms with van der Waals surface area (Å²) in [6, 6.07) is 10.8. The van der Waals surface area contributed by atoms with Crippen LogP contribution in [0.25, 0.3) is 0 Å². The Morgan fingerprint density at radius 3 is 2.82 bits per heavy atom. The lowest BCUT2D eigenvalue weighted by Gasteiger charge is -2.16. The minimum atomic E-state index is -2.63. The minimum Gasteiger partial charge on any atom is -0.452 e. The van der Waals surface area contributed by atoms with E-state index in [0.29, 0.717) is 23.2 Å². The van der Waals surface area contributed by atoms with E-state index in [1.54, 1.807) is 18.2 Å². The highest BCUT2D eigenvalue weighted by atomic mass is 32.2. The number of amides is 2. The summed E-state index contributed by atoms with van der Waals surface area (Å²) < 4.78 is 30.1. The molecule has 0 unspecified atom stereocenters. The number of hydrogen-bond acceptors (Lipinski definition) is 6. The van der Waals surface area contributed by atoms with Crippen LogP contribution in [0.3, 0.4) is 0 Å². The predicted octanol–water partition coefficient (Wildman–Crippen LogP) is 3.84. The third-order valence-corrected chi connectivity index (χ3v) is 5.42. The second-order valence-corrected chi connectivity index (χ2v) is 7.60. The Bertz CT molecular complexity index is 924. The molecule has 1 aliphatic rings. The molecule has 2 amide bonds. The summed E-state index contributed by atoms with van der Waals surface area (Å²) in [4.78, 5) is 36.7. The van der Waals surface area contributed by atoms with Gasteiger partial charge in [-0.05, 0) is 30.3 Å². The molecule has 10 heteroatoms. The van der Waals surface area contributed by atoms with E-state index in [1.807, 2.05) is 0 Å². The second kappa shape index (κ2) is 9.07. The lowest BCUT2D eigenvalue weighted by Crippen LogP contribution is -2.22. The number of para-hydroxylation sites is 1. The van der Waals surface area contributed by atoms with Crippen LogP contribution in [0.2, 0.25) is 0 Å². The van der Waals surface area contributed by atoms with E-state index in [0.717, 1.165) is 4.90 Å². The molecule has 0 aliphatic carbocycles. The van der Waals surface area contributed by atoms with Gasteiger partial charge in [-0.3, -0.25) is 9.59 Å². The number of ether oxygens (including phenoxy) is 1. The minimum absolute atomic E-state index is 0.164. The van der Waals surface area contributed by atoms with E-state index in [1.165, 1.54) is 36.0 Å². The molecule has 146 valence electrons. The number of halogens is 2. The van der Waals surface area contributed by atoms with Gasteiger partial charge in [-0.25, -0.2) is 4.79 Å². The van der Waals surface area contributed by atoms with E-state index in [9.17, 15) is 23.2 Å². The molecule has 0 bridgehead atoms. The molecule has 0 aromatic heterocycles. The number of rotatable bonds is 6. The van der Waals surface area contributed by atoms with Crippen molar-refractivity contribution in [1.29, 1.82) is 0 Å². The van der Waals surface area contributed by atoms with Gasteiger partial charge in [-0.1, -0.05) is 23.9 Å². The Hall–Kier alpha value is -2.59. The molecule has 28 heavy (non-hydrogen) atoms. The van der Waals surface area contributed by atoms with Gasteiger partial charge in [-0.15, -0.1) is 11.8 Å². The summed E-state index contributed by atoms with van der Waals surface area (Å²) in [5, 5.41) is 5.11. The fraction of sp³-hybridized carbons (Fsp3) is 0.167. The van der Waals surface area contributed by atoms with Crippen LogP contribution in [-0.4, -0.2) is 35.9 Å². The lowest BCUT2D eigenvalue weighted by molar-refractivity contribution is -0.119. The number of hydrogen-bond donors (Lipinski definition) is 2. The SMILES string of the molecule is O=C1CSc2ccc(C(=O)OCC(=O)Nc3ccccc3SC(F)F)cc2N1. The van der Waals surface area contributed by atoms with Gasteiger partial charge in [0.15, 0.2) is 6.61 Å². The van der Waals surface area contributed by atoms with Crippen LogP contribution in [0.1, 0.15) is 10.4 Å². The number of carbonyl (C=O) groups is 3. The highest BCUT2D eigenvalue weighted by Crippen LogP contribution is 2.33. The van der Waals surface area contributed by atoms with Crippen molar-refractivity contribution in [3.63, 3.8) is 0 Å². The zero-order chi connectivity index (χ0) is 20.1. The molecule has 0 saturated heterocycles. The predicted molar refractivity (Wildman–Crippen MR) is 103 cm³/mol. The van der Waals surface area contributed by atoms with E-state index < -0.39 is 24.2 Å². The number of anilines is 2. The zero-order valence-electron chi connectivity index (χ0n) is 14.2. The quantitative estimate of drug-likeness (QED) is 0.542. The first-order chi connectivity index (χ1) is 13.4.